The minimum atomic E-state index is -0.296. The summed E-state index contributed by atoms with van der Waals surface area (Å²) in [7, 11) is 0. The number of halogens is 2. The fourth-order valence-electron chi connectivity index (χ4n) is 2.77. The Labute approximate surface area is 196 Å². The lowest BCUT2D eigenvalue weighted by atomic mass is 10.2. The zero-order valence-electron chi connectivity index (χ0n) is 17.1. The quantitative estimate of drug-likeness (QED) is 0.365. The third kappa shape index (κ3) is 7.80. The summed E-state index contributed by atoms with van der Waals surface area (Å²) in [6.07, 6.45) is 0.782. The van der Waals surface area contributed by atoms with E-state index in [2.05, 4.69) is 10.6 Å². The number of ether oxygens (including phenoxy) is 2. The fourth-order valence-corrected chi connectivity index (χ4v) is 3.23. The Morgan fingerprint density at radius 1 is 0.781 bits per heavy atom. The van der Waals surface area contributed by atoms with Gasteiger partial charge in [0, 0.05) is 22.8 Å². The average Bonchev–Trinajstić information content (AvgIpc) is 2.77. The average molecular weight is 473 g/mol. The molecule has 0 aliphatic carbocycles. The highest BCUT2D eigenvalue weighted by Gasteiger charge is 2.07. The van der Waals surface area contributed by atoms with E-state index in [0.29, 0.717) is 45.9 Å². The number of hydrogen-bond acceptors (Lipinski definition) is 4. The fraction of sp³-hybridized carbons (Fsp3) is 0.167. The number of nitrogens with one attached hydrogen (secondary N) is 2. The second-order valence-electron chi connectivity index (χ2n) is 6.81. The van der Waals surface area contributed by atoms with Gasteiger partial charge in [-0.15, -0.1) is 0 Å². The monoisotopic (exact) mass is 472 g/mol. The first-order valence-electron chi connectivity index (χ1n) is 9.95. The van der Waals surface area contributed by atoms with E-state index in [-0.39, 0.29) is 24.8 Å². The van der Waals surface area contributed by atoms with Crippen molar-refractivity contribution in [2.45, 2.75) is 12.8 Å². The first-order chi connectivity index (χ1) is 15.5. The lowest BCUT2D eigenvalue weighted by molar-refractivity contribution is -0.118. The lowest BCUT2D eigenvalue weighted by Gasteiger charge is -2.10. The Bertz CT molecular complexity index is 1060. The van der Waals surface area contributed by atoms with Gasteiger partial charge in [0.15, 0.2) is 6.61 Å². The first kappa shape index (κ1) is 23.4. The van der Waals surface area contributed by atoms with Crippen LogP contribution in [-0.2, 0) is 9.59 Å². The maximum atomic E-state index is 12.2. The summed E-state index contributed by atoms with van der Waals surface area (Å²) in [5.41, 5.74) is 1.14. The second-order valence-corrected chi connectivity index (χ2v) is 7.65. The number of para-hydroxylation sites is 1. The highest BCUT2D eigenvalue weighted by Crippen LogP contribution is 2.27. The van der Waals surface area contributed by atoms with E-state index in [1.165, 1.54) is 0 Å². The highest BCUT2D eigenvalue weighted by molar-refractivity contribution is 6.35. The van der Waals surface area contributed by atoms with E-state index in [9.17, 15) is 9.59 Å². The molecular formula is C24H22Cl2N2O4. The van der Waals surface area contributed by atoms with Crippen LogP contribution in [0.25, 0.3) is 0 Å². The molecular weight excluding hydrogens is 451 g/mol. The summed E-state index contributed by atoms with van der Waals surface area (Å²) in [5.74, 6) is 0.684. The van der Waals surface area contributed by atoms with Crippen molar-refractivity contribution >= 4 is 46.4 Å². The van der Waals surface area contributed by atoms with Crippen LogP contribution in [0.15, 0.2) is 72.8 Å². The molecule has 0 spiro atoms. The largest absolute Gasteiger partial charge is 0.492 e. The highest BCUT2D eigenvalue weighted by atomic mass is 35.5. The maximum Gasteiger partial charge on any atom is 0.262 e. The van der Waals surface area contributed by atoms with Crippen LogP contribution < -0.4 is 20.1 Å². The van der Waals surface area contributed by atoms with Crippen molar-refractivity contribution in [2.75, 3.05) is 23.8 Å². The lowest BCUT2D eigenvalue weighted by Crippen LogP contribution is -2.20. The molecule has 0 atom stereocenters. The van der Waals surface area contributed by atoms with Crippen molar-refractivity contribution < 1.29 is 19.1 Å². The minimum absolute atomic E-state index is 0.113. The van der Waals surface area contributed by atoms with E-state index in [4.69, 9.17) is 32.7 Å². The Morgan fingerprint density at radius 3 is 2.22 bits per heavy atom. The second kappa shape index (κ2) is 12.0. The zero-order valence-corrected chi connectivity index (χ0v) is 18.7. The minimum Gasteiger partial charge on any atom is -0.492 e. The zero-order chi connectivity index (χ0) is 22.8. The van der Waals surface area contributed by atoms with E-state index in [1.807, 2.05) is 18.2 Å². The molecule has 3 rings (SSSR count). The van der Waals surface area contributed by atoms with Crippen molar-refractivity contribution in [2.24, 2.45) is 0 Å². The molecule has 8 heteroatoms. The van der Waals surface area contributed by atoms with Crippen LogP contribution in [0.1, 0.15) is 12.8 Å². The van der Waals surface area contributed by atoms with Crippen molar-refractivity contribution in [3.8, 4) is 11.5 Å². The number of rotatable bonds is 10. The van der Waals surface area contributed by atoms with Gasteiger partial charge in [0.05, 0.1) is 11.6 Å². The number of benzene rings is 3. The van der Waals surface area contributed by atoms with Crippen LogP contribution >= 0.6 is 23.2 Å². The van der Waals surface area contributed by atoms with Crippen molar-refractivity contribution in [3.63, 3.8) is 0 Å². The van der Waals surface area contributed by atoms with E-state index in [0.717, 1.165) is 0 Å². The number of carbonyl (C=O) groups is 2. The standard InChI is InChI=1S/C24H22Cl2N2O4/c25-17-11-12-22(21(26)14-17)31-13-5-10-23(29)27-18-6-4-7-19(15-18)28-24(30)16-32-20-8-2-1-3-9-20/h1-4,6-9,11-12,14-15H,5,10,13,16H2,(H,27,29)(H,28,30). The van der Waals surface area contributed by atoms with Gasteiger partial charge < -0.3 is 20.1 Å². The molecule has 2 amide bonds. The number of carbonyl (C=O) groups excluding carboxylic acids is 2. The van der Waals surface area contributed by atoms with Crippen molar-refractivity contribution in [1.82, 2.24) is 0 Å². The summed E-state index contributed by atoms with van der Waals surface area (Å²) in [6.45, 7) is 0.227. The summed E-state index contributed by atoms with van der Waals surface area (Å²) in [5, 5.41) is 6.52. The first-order valence-corrected chi connectivity index (χ1v) is 10.7. The molecule has 0 saturated heterocycles. The van der Waals surface area contributed by atoms with E-state index >= 15 is 0 Å². The SMILES string of the molecule is O=C(CCCOc1ccc(Cl)cc1Cl)Nc1cccc(NC(=O)COc2ccccc2)c1. The molecule has 3 aromatic carbocycles. The van der Waals surface area contributed by atoms with Crippen LogP contribution in [0.4, 0.5) is 11.4 Å². The molecule has 166 valence electrons. The van der Waals surface area contributed by atoms with E-state index in [1.54, 1.807) is 54.6 Å². The molecule has 2 N–H and O–H groups in total. The molecule has 0 bridgehead atoms. The van der Waals surface area contributed by atoms with Gasteiger partial charge in [-0.1, -0.05) is 47.5 Å². The normalized spacial score (nSPS) is 10.3. The molecule has 0 unspecified atom stereocenters. The third-order valence-electron chi connectivity index (χ3n) is 4.24. The van der Waals surface area contributed by atoms with Crippen molar-refractivity contribution in [1.29, 1.82) is 0 Å². The summed E-state index contributed by atoms with van der Waals surface area (Å²) >= 11 is 11.9. The Hall–Kier alpha value is -3.22. The molecule has 0 radical (unpaired) electrons. The molecule has 0 aliphatic rings. The molecule has 0 aromatic heterocycles. The van der Waals surface area contributed by atoms with Gasteiger partial charge in [0.1, 0.15) is 11.5 Å². The molecule has 6 nitrogen and oxygen atoms in total. The number of anilines is 2. The maximum absolute atomic E-state index is 12.2. The molecule has 0 aliphatic heterocycles. The van der Waals surface area contributed by atoms with Gasteiger partial charge in [-0.2, -0.15) is 0 Å². The van der Waals surface area contributed by atoms with Crippen LogP contribution in [-0.4, -0.2) is 25.0 Å². The molecule has 0 heterocycles. The Balaban J connectivity index is 1.40. The van der Waals surface area contributed by atoms with Crippen LogP contribution in [0.2, 0.25) is 10.0 Å². The van der Waals surface area contributed by atoms with Gasteiger partial charge in [-0.3, -0.25) is 9.59 Å². The van der Waals surface area contributed by atoms with Crippen LogP contribution in [0, 0.1) is 0 Å². The third-order valence-corrected chi connectivity index (χ3v) is 4.77. The summed E-state index contributed by atoms with van der Waals surface area (Å²) in [6, 6.07) is 21.0. The van der Waals surface area contributed by atoms with E-state index < -0.39 is 0 Å². The van der Waals surface area contributed by atoms with Gasteiger partial charge in [0.25, 0.3) is 5.91 Å². The number of hydrogen-bond donors (Lipinski definition) is 2. The van der Waals surface area contributed by atoms with Gasteiger partial charge >= 0.3 is 0 Å². The smallest absolute Gasteiger partial charge is 0.262 e. The summed E-state index contributed by atoms with van der Waals surface area (Å²) in [4.78, 5) is 24.3. The number of amides is 2. The Morgan fingerprint density at radius 2 is 1.50 bits per heavy atom. The summed E-state index contributed by atoms with van der Waals surface area (Å²) < 4.78 is 11.0. The predicted octanol–water partition coefficient (Wildman–Crippen LogP) is 5.81. The van der Waals surface area contributed by atoms with Gasteiger partial charge in [-0.05, 0) is 55.0 Å². The van der Waals surface area contributed by atoms with Gasteiger partial charge in [0.2, 0.25) is 5.91 Å². The van der Waals surface area contributed by atoms with Crippen molar-refractivity contribution in [3.05, 3.63) is 82.8 Å². The van der Waals surface area contributed by atoms with Gasteiger partial charge in [-0.25, -0.2) is 0 Å². The molecule has 3 aromatic rings. The Kier molecular flexibility index (Phi) is 8.78. The van der Waals surface area contributed by atoms with Crippen LogP contribution in [0.5, 0.6) is 11.5 Å². The molecule has 0 saturated carbocycles. The topological polar surface area (TPSA) is 76.7 Å². The molecule has 0 fully saturated rings. The molecule has 32 heavy (non-hydrogen) atoms. The predicted molar refractivity (Wildman–Crippen MR) is 127 cm³/mol. The van der Waals surface area contributed by atoms with Crippen LogP contribution in [0.3, 0.4) is 0 Å².